The number of nitrogens with one attached hydrogen (secondary N) is 1. The minimum atomic E-state index is 0.0537. The summed E-state index contributed by atoms with van der Waals surface area (Å²) >= 11 is 1.08. The highest BCUT2D eigenvalue weighted by atomic mass is 32.2. The Balaban J connectivity index is 1.94. The lowest BCUT2D eigenvalue weighted by Crippen LogP contribution is -1.97. The van der Waals surface area contributed by atoms with Crippen LogP contribution >= 0.6 is 11.8 Å². The quantitative estimate of drug-likeness (QED) is 0.798. The molecule has 0 saturated heterocycles. The molecule has 1 aromatic carbocycles. The average molecular weight is 219 g/mol. The number of hydrogen-bond acceptors (Lipinski definition) is 4. The van der Waals surface area contributed by atoms with Crippen LogP contribution in [-0.4, -0.2) is 20.3 Å². The number of aromatic nitrogens is 3. The van der Waals surface area contributed by atoms with Crippen LogP contribution in [-0.2, 0) is 11.2 Å². The van der Waals surface area contributed by atoms with Crippen LogP contribution < -0.4 is 0 Å². The molecular weight excluding hydrogens is 210 g/mol. The van der Waals surface area contributed by atoms with E-state index in [1.165, 1.54) is 6.33 Å². The third kappa shape index (κ3) is 2.92. The third-order valence-corrected chi connectivity index (χ3v) is 2.56. The molecule has 2 rings (SSSR count). The molecule has 76 valence electrons. The van der Waals surface area contributed by atoms with Crippen molar-refractivity contribution < 1.29 is 4.79 Å². The molecular formula is C10H9N3OS. The molecule has 0 unspecified atom stereocenters. The summed E-state index contributed by atoms with van der Waals surface area (Å²) in [5, 5.41) is 6.90. The highest BCUT2D eigenvalue weighted by molar-refractivity contribution is 8.13. The molecule has 15 heavy (non-hydrogen) atoms. The molecule has 0 saturated carbocycles. The number of nitrogens with zero attached hydrogens (tertiary/aromatic N) is 2. The van der Waals surface area contributed by atoms with Crippen molar-refractivity contribution in [2.24, 2.45) is 0 Å². The maximum atomic E-state index is 11.6. The first-order valence-electron chi connectivity index (χ1n) is 4.44. The van der Waals surface area contributed by atoms with Gasteiger partial charge in [0.1, 0.15) is 6.33 Å². The summed E-state index contributed by atoms with van der Waals surface area (Å²) < 4.78 is 0. The lowest BCUT2D eigenvalue weighted by Gasteiger charge is -1.97. The largest absolute Gasteiger partial charge is 0.286 e. The lowest BCUT2D eigenvalue weighted by molar-refractivity contribution is -0.110. The molecule has 1 N–H and O–H groups in total. The predicted molar refractivity (Wildman–Crippen MR) is 57.4 cm³/mol. The second-order valence-electron chi connectivity index (χ2n) is 2.93. The number of H-pyrrole nitrogens is 1. The fraction of sp³-hybridized carbons (Fsp3) is 0.100. The van der Waals surface area contributed by atoms with E-state index in [0.29, 0.717) is 11.6 Å². The predicted octanol–water partition coefficient (Wildman–Crippen LogP) is 1.67. The SMILES string of the molecule is O=C(Cc1ccccc1)Sc1ncn[nH]1. The van der Waals surface area contributed by atoms with Crippen LogP contribution in [0.4, 0.5) is 0 Å². The smallest absolute Gasteiger partial charge is 0.200 e. The van der Waals surface area contributed by atoms with Gasteiger partial charge in [0.2, 0.25) is 5.12 Å². The van der Waals surface area contributed by atoms with E-state index in [4.69, 9.17) is 0 Å². The zero-order valence-electron chi connectivity index (χ0n) is 7.88. The van der Waals surface area contributed by atoms with Crippen LogP contribution in [0.1, 0.15) is 5.56 Å². The summed E-state index contributed by atoms with van der Waals surface area (Å²) in [7, 11) is 0. The second kappa shape index (κ2) is 4.75. The highest BCUT2D eigenvalue weighted by Gasteiger charge is 2.07. The first-order chi connectivity index (χ1) is 7.34. The Labute approximate surface area is 91.1 Å². The van der Waals surface area contributed by atoms with E-state index in [2.05, 4.69) is 15.2 Å². The Morgan fingerprint density at radius 3 is 2.80 bits per heavy atom. The van der Waals surface area contributed by atoms with Gasteiger partial charge in [-0.2, -0.15) is 5.10 Å². The van der Waals surface area contributed by atoms with Crippen LogP contribution in [0.5, 0.6) is 0 Å². The molecule has 0 radical (unpaired) electrons. The second-order valence-corrected chi connectivity index (χ2v) is 3.97. The van der Waals surface area contributed by atoms with Gasteiger partial charge in [-0.3, -0.25) is 9.89 Å². The van der Waals surface area contributed by atoms with E-state index in [1.807, 2.05) is 30.3 Å². The Morgan fingerprint density at radius 1 is 1.33 bits per heavy atom. The Morgan fingerprint density at radius 2 is 2.13 bits per heavy atom. The van der Waals surface area contributed by atoms with Crippen LogP contribution in [0, 0.1) is 0 Å². The summed E-state index contributed by atoms with van der Waals surface area (Å²) in [5.41, 5.74) is 1.01. The van der Waals surface area contributed by atoms with Crippen LogP contribution in [0.25, 0.3) is 0 Å². The third-order valence-electron chi connectivity index (χ3n) is 1.79. The summed E-state index contributed by atoms with van der Waals surface area (Å²) in [4.78, 5) is 15.4. The Kier molecular flexibility index (Phi) is 3.14. The van der Waals surface area contributed by atoms with Crippen molar-refractivity contribution in [2.75, 3.05) is 0 Å². The van der Waals surface area contributed by atoms with Crippen LogP contribution in [0.3, 0.4) is 0 Å². The van der Waals surface area contributed by atoms with Gasteiger partial charge in [-0.25, -0.2) is 4.98 Å². The number of thioether (sulfide) groups is 1. The maximum Gasteiger partial charge on any atom is 0.200 e. The molecule has 0 aliphatic carbocycles. The molecule has 0 spiro atoms. The molecule has 0 aliphatic rings. The van der Waals surface area contributed by atoms with Crippen molar-refractivity contribution in [1.82, 2.24) is 15.2 Å². The van der Waals surface area contributed by atoms with Gasteiger partial charge in [0, 0.05) is 6.42 Å². The van der Waals surface area contributed by atoms with E-state index in [1.54, 1.807) is 0 Å². The fourth-order valence-corrected chi connectivity index (χ4v) is 1.80. The summed E-state index contributed by atoms with van der Waals surface area (Å²) in [6.07, 6.45) is 1.80. The van der Waals surface area contributed by atoms with Crippen molar-refractivity contribution in [2.45, 2.75) is 11.6 Å². The van der Waals surface area contributed by atoms with Gasteiger partial charge in [0.25, 0.3) is 0 Å². The Bertz CT molecular complexity index is 427. The summed E-state index contributed by atoms with van der Waals surface area (Å²) in [5.74, 6) is 0. The van der Waals surface area contributed by atoms with Gasteiger partial charge in [-0.1, -0.05) is 30.3 Å². The minimum Gasteiger partial charge on any atom is -0.286 e. The van der Waals surface area contributed by atoms with Crippen molar-refractivity contribution in [3.05, 3.63) is 42.2 Å². The molecule has 0 amide bonds. The summed E-state index contributed by atoms with van der Waals surface area (Å²) in [6.45, 7) is 0. The fourth-order valence-electron chi connectivity index (χ4n) is 1.15. The van der Waals surface area contributed by atoms with Crippen LogP contribution in [0.2, 0.25) is 0 Å². The molecule has 4 nitrogen and oxygen atoms in total. The van der Waals surface area contributed by atoms with Gasteiger partial charge < -0.3 is 0 Å². The zero-order chi connectivity index (χ0) is 10.5. The average Bonchev–Trinajstić information content (AvgIpc) is 2.71. The van der Waals surface area contributed by atoms with Gasteiger partial charge in [0.05, 0.1) is 0 Å². The molecule has 5 heteroatoms. The molecule has 2 aromatic rings. The van der Waals surface area contributed by atoms with Gasteiger partial charge in [-0.15, -0.1) is 0 Å². The number of hydrogen-bond donors (Lipinski definition) is 1. The van der Waals surface area contributed by atoms with E-state index >= 15 is 0 Å². The lowest BCUT2D eigenvalue weighted by atomic mass is 10.2. The van der Waals surface area contributed by atoms with Gasteiger partial charge in [-0.05, 0) is 17.3 Å². The molecule has 1 heterocycles. The van der Waals surface area contributed by atoms with Crippen molar-refractivity contribution in [3.8, 4) is 0 Å². The van der Waals surface area contributed by atoms with Crippen molar-refractivity contribution >= 4 is 16.9 Å². The minimum absolute atomic E-state index is 0.0537. The molecule has 0 fully saturated rings. The highest BCUT2D eigenvalue weighted by Crippen LogP contribution is 2.15. The first kappa shape index (κ1) is 9.92. The molecule has 1 aromatic heterocycles. The topological polar surface area (TPSA) is 58.6 Å². The number of rotatable bonds is 3. The number of benzene rings is 1. The van der Waals surface area contributed by atoms with E-state index in [-0.39, 0.29) is 5.12 Å². The number of carbonyl (C=O) groups excluding carboxylic acids is 1. The van der Waals surface area contributed by atoms with Gasteiger partial charge in [0.15, 0.2) is 5.16 Å². The maximum absolute atomic E-state index is 11.6. The van der Waals surface area contributed by atoms with Crippen LogP contribution in [0.15, 0.2) is 41.8 Å². The monoisotopic (exact) mass is 219 g/mol. The molecule has 0 bridgehead atoms. The Hall–Kier alpha value is -1.62. The molecule has 0 aliphatic heterocycles. The van der Waals surface area contributed by atoms with Crippen molar-refractivity contribution in [1.29, 1.82) is 0 Å². The summed E-state index contributed by atoms with van der Waals surface area (Å²) in [6, 6.07) is 9.62. The standard InChI is InChI=1S/C10H9N3OS/c14-9(15-10-11-7-12-13-10)6-8-4-2-1-3-5-8/h1-5,7H,6H2,(H,11,12,13). The molecule has 0 atom stereocenters. The number of aromatic amines is 1. The van der Waals surface area contributed by atoms with E-state index in [0.717, 1.165) is 17.3 Å². The van der Waals surface area contributed by atoms with Gasteiger partial charge >= 0.3 is 0 Å². The zero-order valence-corrected chi connectivity index (χ0v) is 8.70. The first-order valence-corrected chi connectivity index (χ1v) is 5.26. The van der Waals surface area contributed by atoms with Crippen molar-refractivity contribution in [3.63, 3.8) is 0 Å². The van der Waals surface area contributed by atoms with E-state index in [9.17, 15) is 4.79 Å². The number of carbonyl (C=O) groups is 1. The van der Waals surface area contributed by atoms with E-state index < -0.39 is 0 Å². The normalized spacial score (nSPS) is 10.1.